The van der Waals surface area contributed by atoms with Crippen LogP contribution in [0.3, 0.4) is 0 Å². The Balaban J connectivity index is 1.43. The summed E-state index contributed by atoms with van der Waals surface area (Å²) in [4.78, 5) is 30.0. The van der Waals surface area contributed by atoms with Crippen LogP contribution in [0, 0.1) is 5.82 Å². The van der Waals surface area contributed by atoms with E-state index in [1.165, 1.54) is 30.4 Å². The predicted molar refractivity (Wildman–Crippen MR) is 115 cm³/mol. The highest BCUT2D eigenvalue weighted by molar-refractivity contribution is 6.20. The Morgan fingerprint density at radius 2 is 2.03 bits per heavy atom. The highest BCUT2D eigenvalue weighted by Crippen LogP contribution is 2.42. The lowest BCUT2D eigenvalue weighted by atomic mass is 9.83. The van der Waals surface area contributed by atoms with E-state index in [1.54, 1.807) is 0 Å². The minimum absolute atomic E-state index is 0.0443. The second-order valence-corrected chi connectivity index (χ2v) is 8.36. The number of aliphatic imine (C=N–C) groups is 1. The number of carbonyl (C=O) groups excluding carboxylic acids is 1. The molecule has 3 aliphatic heterocycles. The van der Waals surface area contributed by atoms with Gasteiger partial charge in [-0.25, -0.2) is 9.37 Å². The van der Waals surface area contributed by atoms with Gasteiger partial charge in [0.15, 0.2) is 5.78 Å². The third-order valence-corrected chi connectivity index (χ3v) is 6.34. The molecule has 3 aliphatic rings. The van der Waals surface area contributed by atoms with Crippen LogP contribution in [0.15, 0.2) is 47.7 Å². The first-order valence-electron chi connectivity index (χ1n) is 10.7. The Morgan fingerprint density at radius 3 is 2.75 bits per heavy atom. The lowest BCUT2D eigenvalue weighted by Gasteiger charge is -2.31. The van der Waals surface area contributed by atoms with Gasteiger partial charge < -0.3 is 0 Å². The van der Waals surface area contributed by atoms with Crippen molar-refractivity contribution in [1.82, 2.24) is 20.1 Å². The summed E-state index contributed by atoms with van der Waals surface area (Å²) in [5.41, 5.74) is 6.91. The zero-order valence-electron chi connectivity index (χ0n) is 17.2. The summed E-state index contributed by atoms with van der Waals surface area (Å²) in [7, 11) is 0. The molecule has 0 bridgehead atoms. The van der Waals surface area contributed by atoms with Crippen molar-refractivity contribution in [2.75, 3.05) is 25.1 Å². The van der Waals surface area contributed by atoms with Crippen LogP contribution in [-0.4, -0.2) is 51.2 Å². The van der Waals surface area contributed by atoms with Crippen LogP contribution < -0.4 is 5.48 Å². The second kappa shape index (κ2) is 7.61. The van der Waals surface area contributed by atoms with Gasteiger partial charge in [-0.05, 0) is 42.8 Å². The zero-order valence-corrected chi connectivity index (χ0v) is 17.2. The first-order chi connectivity index (χ1) is 15.7. The molecule has 3 aromatic rings. The van der Waals surface area contributed by atoms with Gasteiger partial charge in [-0.2, -0.15) is 5.10 Å². The fourth-order valence-corrected chi connectivity index (χ4v) is 4.61. The SMILES string of the molecule is O=C1CN=C2c3c(cc(F)cc31)NOC(c1ccc(CN3CCC3)cc1)C2c1ncn[nH]1. The van der Waals surface area contributed by atoms with Crippen LogP contribution >= 0.6 is 0 Å². The molecule has 4 heterocycles. The molecule has 9 heteroatoms. The molecule has 0 saturated carbocycles. The van der Waals surface area contributed by atoms with E-state index in [4.69, 9.17) is 4.84 Å². The Bertz CT molecular complexity index is 1200. The van der Waals surface area contributed by atoms with E-state index in [0.29, 0.717) is 28.4 Å². The van der Waals surface area contributed by atoms with Gasteiger partial charge in [0.25, 0.3) is 0 Å². The third-order valence-electron chi connectivity index (χ3n) is 6.34. The summed E-state index contributed by atoms with van der Waals surface area (Å²) in [5.74, 6) is -0.617. The topological polar surface area (TPSA) is 95.5 Å². The number of likely N-dealkylation sites (tertiary alicyclic amines) is 1. The molecule has 0 radical (unpaired) electrons. The fourth-order valence-electron chi connectivity index (χ4n) is 4.61. The van der Waals surface area contributed by atoms with Gasteiger partial charge in [0.1, 0.15) is 30.6 Å². The Labute approximate surface area is 183 Å². The number of Topliss-reactive ketones (excluding diaryl/α,β-unsaturated/α-hetero) is 1. The molecule has 0 aliphatic carbocycles. The van der Waals surface area contributed by atoms with E-state index >= 15 is 0 Å². The van der Waals surface area contributed by atoms with Crippen LogP contribution in [0.4, 0.5) is 10.1 Å². The maximum Gasteiger partial charge on any atom is 0.185 e. The van der Waals surface area contributed by atoms with Crippen LogP contribution in [0.2, 0.25) is 0 Å². The Kier molecular flexibility index (Phi) is 4.58. The summed E-state index contributed by atoms with van der Waals surface area (Å²) >= 11 is 0. The number of ketones is 1. The molecule has 1 aromatic heterocycles. The molecule has 6 rings (SSSR count). The molecular formula is C23H21FN6O2. The van der Waals surface area contributed by atoms with Crippen LogP contribution in [0.5, 0.6) is 0 Å². The van der Waals surface area contributed by atoms with Crippen LogP contribution in [-0.2, 0) is 11.4 Å². The number of hydrogen-bond donors (Lipinski definition) is 2. The Hall–Kier alpha value is -3.43. The monoisotopic (exact) mass is 432 g/mol. The van der Waals surface area contributed by atoms with Gasteiger partial charge >= 0.3 is 0 Å². The van der Waals surface area contributed by atoms with E-state index in [1.807, 2.05) is 12.1 Å². The highest BCUT2D eigenvalue weighted by atomic mass is 19.1. The van der Waals surface area contributed by atoms with Gasteiger partial charge in [-0.15, -0.1) is 0 Å². The summed E-state index contributed by atoms with van der Waals surface area (Å²) in [5, 5.41) is 6.95. The molecule has 1 fully saturated rings. The summed E-state index contributed by atoms with van der Waals surface area (Å²) < 4.78 is 14.3. The van der Waals surface area contributed by atoms with Gasteiger partial charge in [0.2, 0.25) is 0 Å². The maximum atomic E-state index is 14.3. The standard InChI is InChI=1S/C23H21FN6O2/c24-15-8-16-18(31)10-25-21-19(16)17(9-15)29-32-22(20(21)23-26-12-27-28-23)14-4-2-13(3-5-14)11-30-6-1-7-30/h2-5,8-9,12,20,22,29H,1,6-7,10-11H2,(H,26,27,28). The van der Waals surface area contributed by atoms with Crippen molar-refractivity contribution in [2.45, 2.75) is 25.0 Å². The normalized spacial score (nSPS) is 22.4. The number of aromatic nitrogens is 3. The molecular weight excluding hydrogens is 411 g/mol. The number of carbonyl (C=O) groups is 1. The minimum atomic E-state index is -0.517. The smallest absolute Gasteiger partial charge is 0.185 e. The number of nitrogens with zero attached hydrogens (tertiary/aromatic N) is 4. The number of halogens is 1. The predicted octanol–water partition coefficient (Wildman–Crippen LogP) is 3.02. The number of anilines is 1. The number of rotatable bonds is 4. The highest BCUT2D eigenvalue weighted by Gasteiger charge is 2.40. The van der Waals surface area contributed by atoms with Gasteiger partial charge in [0, 0.05) is 17.7 Å². The number of hydrogen-bond acceptors (Lipinski definition) is 7. The van der Waals surface area contributed by atoms with Crippen molar-refractivity contribution in [3.05, 3.63) is 76.6 Å². The number of nitrogens with one attached hydrogen (secondary N) is 2. The molecule has 2 unspecified atom stereocenters. The number of aromatic amines is 1. The average Bonchev–Trinajstić information content (AvgIpc) is 3.24. The van der Waals surface area contributed by atoms with Crippen molar-refractivity contribution in [3.63, 3.8) is 0 Å². The van der Waals surface area contributed by atoms with E-state index < -0.39 is 17.8 Å². The molecule has 2 atom stereocenters. The van der Waals surface area contributed by atoms with Gasteiger partial charge in [-0.3, -0.25) is 30.1 Å². The molecule has 1 saturated heterocycles. The fraction of sp³-hybridized carbons (Fsp3) is 0.304. The molecule has 8 nitrogen and oxygen atoms in total. The minimum Gasteiger partial charge on any atom is -0.299 e. The lowest BCUT2D eigenvalue weighted by molar-refractivity contribution is 0.0930. The number of benzene rings is 2. The lowest BCUT2D eigenvalue weighted by Crippen LogP contribution is -2.36. The summed E-state index contributed by atoms with van der Waals surface area (Å²) in [6.07, 6.45) is 2.17. The van der Waals surface area contributed by atoms with Gasteiger partial charge in [0.05, 0.1) is 17.3 Å². The third kappa shape index (κ3) is 3.21. The molecule has 0 spiro atoms. The van der Waals surface area contributed by atoms with E-state index in [0.717, 1.165) is 25.2 Å². The van der Waals surface area contributed by atoms with Crippen molar-refractivity contribution in [2.24, 2.45) is 4.99 Å². The van der Waals surface area contributed by atoms with Crippen LogP contribution in [0.1, 0.15) is 51.3 Å². The van der Waals surface area contributed by atoms with Crippen molar-refractivity contribution < 1.29 is 14.0 Å². The summed E-state index contributed by atoms with van der Waals surface area (Å²) in [6.45, 7) is 3.16. The Morgan fingerprint density at radius 1 is 1.19 bits per heavy atom. The molecule has 32 heavy (non-hydrogen) atoms. The largest absolute Gasteiger partial charge is 0.299 e. The number of H-pyrrole nitrogens is 1. The van der Waals surface area contributed by atoms with Crippen LogP contribution in [0.25, 0.3) is 0 Å². The van der Waals surface area contributed by atoms with E-state index in [2.05, 4.69) is 42.7 Å². The van der Waals surface area contributed by atoms with E-state index in [9.17, 15) is 9.18 Å². The van der Waals surface area contributed by atoms with Gasteiger partial charge in [-0.1, -0.05) is 24.3 Å². The van der Waals surface area contributed by atoms with Crippen molar-refractivity contribution >= 4 is 17.2 Å². The molecule has 162 valence electrons. The molecule has 0 amide bonds. The first-order valence-corrected chi connectivity index (χ1v) is 10.7. The zero-order chi connectivity index (χ0) is 21.7. The molecule has 2 aromatic carbocycles. The average molecular weight is 432 g/mol. The first kappa shape index (κ1) is 19.3. The van der Waals surface area contributed by atoms with Crippen molar-refractivity contribution in [3.8, 4) is 0 Å². The second-order valence-electron chi connectivity index (χ2n) is 8.36. The van der Waals surface area contributed by atoms with E-state index in [-0.39, 0.29) is 12.3 Å². The molecule has 2 N–H and O–H groups in total. The quantitative estimate of drug-likeness (QED) is 0.658. The maximum absolute atomic E-state index is 14.3. The van der Waals surface area contributed by atoms with Crippen molar-refractivity contribution in [1.29, 1.82) is 0 Å². The summed E-state index contributed by atoms with van der Waals surface area (Å²) in [6, 6.07) is 10.9.